The van der Waals surface area contributed by atoms with E-state index in [4.69, 9.17) is 0 Å². The molecule has 1 N–H and O–H groups in total. The summed E-state index contributed by atoms with van der Waals surface area (Å²) in [6, 6.07) is 5.43. The topological polar surface area (TPSA) is 118 Å². The molecule has 11 heteroatoms. The molecule has 1 atom stereocenters. The van der Waals surface area contributed by atoms with Crippen LogP contribution in [-0.4, -0.2) is 61.2 Å². The van der Waals surface area contributed by atoms with E-state index in [2.05, 4.69) is 20.1 Å². The second-order valence-corrected chi connectivity index (χ2v) is 9.22. The Bertz CT molecular complexity index is 1390. The number of rotatable bonds is 3. The van der Waals surface area contributed by atoms with Crippen molar-refractivity contribution in [3.63, 3.8) is 0 Å². The van der Waals surface area contributed by atoms with Crippen LogP contribution in [0.4, 0.5) is 0 Å². The van der Waals surface area contributed by atoms with Gasteiger partial charge in [0.1, 0.15) is 5.52 Å². The monoisotopic (exact) mass is 413 g/mol. The van der Waals surface area contributed by atoms with Crippen LogP contribution in [0.25, 0.3) is 28.1 Å². The molecule has 1 aliphatic rings. The summed E-state index contributed by atoms with van der Waals surface area (Å²) < 4.78 is 28.7. The van der Waals surface area contributed by atoms with Gasteiger partial charge in [0, 0.05) is 19.3 Å². The van der Waals surface area contributed by atoms with Gasteiger partial charge in [0.2, 0.25) is 10.0 Å². The van der Waals surface area contributed by atoms with Crippen LogP contribution >= 0.6 is 0 Å². The van der Waals surface area contributed by atoms with Gasteiger partial charge in [-0.1, -0.05) is 6.07 Å². The SMILES string of the molecule is CS(=O)(=O)N1CCC[C@H](n2c(=O)[nH]c3cnc(-c4cnn5ccccc45)nc32)C1. The van der Waals surface area contributed by atoms with Crippen molar-refractivity contribution in [3.05, 3.63) is 47.3 Å². The minimum absolute atomic E-state index is 0.252. The highest BCUT2D eigenvalue weighted by molar-refractivity contribution is 7.88. The fourth-order valence-corrected chi connectivity index (χ4v) is 4.83. The molecular weight excluding hydrogens is 394 g/mol. The van der Waals surface area contributed by atoms with Crippen molar-refractivity contribution in [3.8, 4) is 11.4 Å². The van der Waals surface area contributed by atoms with Crippen molar-refractivity contribution in [2.45, 2.75) is 18.9 Å². The second-order valence-electron chi connectivity index (χ2n) is 7.24. The first-order chi connectivity index (χ1) is 13.9. The first-order valence-electron chi connectivity index (χ1n) is 9.27. The summed E-state index contributed by atoms with van der Waals surface area (Å²) >= 11 is 0. The van der Waals surface area contributed by atoms with Crippen LogP contribution in [-0.2, 0) is 10.0 Å². The van der Waals surface area contributed by atoms with Gasteiger partial charge >= 0.3 is 5.69 Å². The number of nitrogens with zero attached hydrogens (tertiary/aromatic N) is 6. The van der Waals surface area contributed by atoms with E-state index in [1.807, 2.05) is 24.4 Å². The standard InChI is InChI=1S/C18H19N7O3S/c1-29(27,28)23-7-4-5-12(11-23)25-17-14(21-18(25)26)10-19-16(22-17)13-9-20-24-8-3-2-6-15(13)24/h2-3,6,8-10,12H,4-5,7,11H2,1H3,(H,21,26)/t12-/m0/s1. The number of pyridine rings is 1. The highest BCUT2D eigenvalue weighted by Crippen LogP contribution is 2.26. The minimum Gasteiger partial charge on any atom is -0.303 e. The summed E-state index contributed by atoms with van der Waals surface area (Å²) in [6.07, 6.45) is 7.69. The Morgan fingerprint density at radius 1 is 1.24 bits per heavy atom. The van der Waals surface area contributed by atoms with Gasteiger partial charge in [0.15, 0.2) is 11.5 Å². The predicted octanol–water partition coefficient (Wildman–Crippen LogP) is 1.03. The van der Waals surface area contributed by atoms with Gasteiger partial charge in [-0.2, -0.15) is 5.10 Å². The van der Waals surface area contributed by atoms with Gasteiger partial charge in [-0.15, -0.1) is 0 Å². The maximum atomic E-state index is 12.7. The van der Waals surface area contributed by atoms with Gasteiger partial charge in [0.25, 0.3) is 0 Å². The zero-order valence-electron chi connectivity index (χ0n) is 15.7. The molecule has 5 heterocycles. The molecule has 1 fully saturated rings. The molecule has 0 radical (unpaired) electrons. The van der Waals surface area contributed by atoms with Gasteiger partial charge < -0.3 is 4.98 Å². The number of fused-ring (bicyclic) bond motifs is 2. The van der Waals surface area contributed by atoms with E-state index < -0.39 is 10.0 Å². The summed E-state index contributed by atoms with van der Waals surface area (Å²) in [5, 5.41) is 4.32. The molecule has 4 aromatic rings. The van der Waals surface area contributed by atoms with Crippen LogP contribution in [0.3, 0.4) is 0 Å². The Balaban J connectivity index is 1.63. The molecule has 0 spiro atoms. The fourth-order valence-electron chi connectivity index (χ4n) is 3.92. The number of aromatic amines is 1. The average molecular weight is 413 g/mol. The maximum Gasteiger partial charge on any atom is 0.328 e. The van der Waals surface area contributed by atoms with E-state index >= 15 is 0 Å². The van der Waals surface area contributed by atoms with E-state index in [9.17, 15) is 13.2 Å². The van der Waals surface area contributed by atoms with E-state index in [0.717, 1.165) is 11.1 Å². The van der Waals surface area contributed by atoms with Crippen LogP contribution in [0.5, 0.6) is 0 Å². The third-order valence-electron chi connectivity index (χ3n) is 5.32. The highest BCUT2D eigenvalue weighted by atomic mass is 32.2. The van der Waals surface area contributed by atoms with E-state index in [0.29, 0.717) is 36.4 Å². The molecule has 5 rings (SSSR count). The molecular formula is C18H19N7O3S. The smallest absolute Gasteiger partial charge is 0.303 e. The third-order valence-corrected chi connectivity index (χ3v) is 6.59. The average Bonchev–Trinajstić information content (AvgIpc) is 3.27. The van der Waals surface area contributed by atoms with Gasteiger partial charge in [-0.05, 0) is 25.0 Å². The summed E-state index contributed by atoms with van der Waals surface area (Å²) in [5.41, 5.74) is 2.29. The number of sulfonamides is 1. The molecule has 0 unspecified atom stereocenters. The van der Waals surface area contributed by atoms with Gasteiger partial charge in [-0.3, -0.25) is 4.57 Å². The summed E-state index contributed by atoms with van der Waals surface area (Å²) in [5.74, 6) is 0.460. The number of imidazole rings is 1. The lowest BCUT2D eigenvalue weighted by atomic mass is 10.1. The predicted molar refractivity (Wildman–Crippen MR) is 107 cm³/mol. The zero-order valence-corrected chi connectivity index (χ0v) is 16.5. The van der Waals surface area contributed by atoms with Crippen molar-refractivity contribution in [2.75, 3.05) is 19.3 Å². The Labute approximate surface area is 165 Å². The number of aromatic nitrogens is 6. The Hall–Kier alpha value is -3.05. The fraction of sp³-hybridized carbons (Fsp3) is 0.333. The molecule has 1 saturated heterocycles. The lowest BCUT2D eigenvalue weighted by Gasteiger charge is -2.31. The lowest BCUT2D eigenvalue weighted by molar-refractivity contribution is 0.268. The van der Waals surface area contributed by atoms with Crippen molar-refractivity contribution >= 4 is 26.7 Å². The molecule has 0 saturated carbocycles. The Morgan fingerprint density at radius 2 is 2.10 bits per heavy atom. The van der Waals surface area contributed by atoms with Crippen molar-refractivity contribution in [1.82, 2.24) is 33.4 Å². The molecule has 10 nitrogen and oxygen atoms in total. The molecule has 0 amide bonds. The third kappa shape index (κ3) is 3.02. The van der Waals surface area contributed by atoms with Crippen LogP contribution in [0, 0.1) is 0 Å². The zero-order chi connectivity index (χ0) is 20.2. The van der Waals surface area contributed by atoms with Crippen molar-refractivity contribution in [1.29, 1.82) is 0 Å². The first-order valence-corrected chi connectivity index (χ1v) is 11.1. The number of piperidine rings is 1. The van der Waals surface area contributed by atoms with E-state index in [1.165, 1.54) is 10.6 Å². The maximum absolute atomic E-state index is 12.7. The molecule has 0 aliphatic carbocycles. The molecule has 4 aromatic heterocycles. The van der Waals surface area contributed by atoms with Crippen LogP contribution in [0.2, 0.25) is 0 Å². The van der Waals surface area contributed by atoms with Crippen molar-refractivity contribution in [2.24, 2.45) is 0 Å². The van der Waals surface area contributed by atoms with Crippen molar-refractivity contribution < 1.29 is 8.42 Å². The van der Waals surface area contributed by atoms with Crippen LogP contribution in [0.1, 0.15) is 18.9 Å². The minimum atomic E-state index is -3.32. The number of hydrogen-bond donors (Lipinski definition) is 1. The molecule has 29 heavy (non-hydrogen) atoms. The van der Waals surface area contributed by atoms with E-state index in [1.54, 1.807) is 21.5 Å². The highest BCUT2D eigenvalue weighted by Gasteiger charge is 2.29. The van der Waals surface area contributed by atoms with Gasteiger partial charge in [0.05, 0.1) is 35.8 Å². The van der Waals surface area contributed by atoms with Crippen LogP contribution in [0.15, 0.2) is 41.6 Å². The molecule has 0 bridgehead atoms. The lowest BCUT2D eigenvalue weighted by Crippen LogP contribution is -2.42. The normalized spacial score (nSPS) is 18.6. The summed E-state index contributed by atoms with van der Waals surface area (Å²) in [4.78, 5) is 24.5. The largest absolute Gasteiger partial charge is 0.328 e. The summed E-state index contributed by atoms with van der Waals surface area (Å²) in [7, 11) is -3.32. The quantitative estimate of drug-likeness (QED) is 0.536. The first kappa shape index (κ1) is 18.0. The summed E-state index contributed by atoms with van der Waals surface area (Å²) in [6.45, 7) is 0.719. The Kier molecular flexibility index (Phi) is 4.03. The van der Waals surface area contributed by atoms with E-state index in [-0.39, 0.29) is 18.3 Å². The number of hydrogen-bond acceptors (Lipinski definition) is 6. The molecule has 0 aromatic carbocycles. The Morgan fingerprint density at radius 3 is 2.93 bits per heavy atom. The molecule has 150 valence electrons. The molecule has 1 aliphatic heterocycles. The number of H-pyrrole nitrogens is 1. The van der Waals surface area contributed by atoms with Gasteiger partial charge in [-0.25, -0.2) is 32.0 Å². The second kappa shape index (κ2) is 6.49. The number of nitrogens with one attached hydrogen (secondary N) is 1. The van der Waals surface area contributed by atoms with Crippen LogP contribution < -0.4 is 5.69 Å².